The normalized spacial score (nSPS) is 10.3. The zero-order valence-electron chi connectivity index (χ0n) is 9.17. The fraction of sp³-hybridized carbons (Fsp3) is 0.0833. The number of nitrogens with zero attached hydrogens (tertiary/aromatic N) is 1. The predicted molar refractivity (Wildman–Crippen MR) is 78.5 cm³/mol. The predicted octanol–water partition coefficient (Wildman–Crippen LogP) is 4.24. The van der Waals surface area contributed by atoms with Crippen LogP contribution in [0.25, 0.3) is 0 Å². The van der Waals surface area contributed by atoms with Gasteiger partial charge in [-0.15, -0.1) is 0 Å². The number of aromatic nitrogens is 1. The summed E-state index contributed by atoms with van der Waals surface area (Å²) in [5.41, 5.74) is 9.46. The summed E-state index contributed by atoms with van der Waals surface area (Å²) in [4.78, 5) is 4.00. The van der Waals surface area contributed by atoms with Gasteiger partial charge in [-0.05, 0) is 50.4 Å². The number of benzene rings is 1. The summed E-state index contributed by atoms with van der Waals surface area (Å²) in [6, 6.07) is 6.03. The minimum Gasteiger partial charge on any atom is -0.396 e. The molecule has 0 atom stereocenters. The smallest absolute Gasteiger partial charge is 0.0794 e. The van der Waals surface area contributed by atoms with E-state index >= 15 is 0 Å². The van der Waals surface area contributed by atoms with Crippen molar-refractivity contribution in [2.24, 2.45) is 0 Å². The Kier molecular flexibility index (Phi) is 3.69. The highest BCUT2D eigenvalue weighted by molar-refractivity contribution is 9.11. The minimum atomic E-state index is 0.604. The highest BCUT2D eigenvalue weighted by atomic mass is 79.9. The number of nitrogen functional groups attached to an aromatic ring is 1. The molecule has 1 aromatic carbocycles. The van der Waals surface area contributed by atoms with E-state index in [4.69, 9.17) is 5.73 Å². The number of aryl methyl sites for hydroxylation is 1. The third kappa shape index (κ3) is 2.61. The zero-order valence-corrected chi connectivity index (χ0v) is 12.3. The first-order valence-electron chi connectivity index (χ1n) is 5.00. The van der Waals surface area contributed by atoms with Gasteiger partial charge in [0, 0.05) is 10.7 Å². The van der Waals surface area contributed by atoms with Crippen LogP contribution in [0, 0.1) is 6.92 Å². The molecular weight excluding hydrogens is 346 g/mol. The number of rotatable bonds is 2. The summed E-state index contributed by atoms with van der Waals surface area (Å²) in [6.07, 6.45) is 3.33. The van der Waals surface area contributed by atoms with Crippen molar-refractivity contribution in [3.8, 4) is 0 Å². The van der Waals surface area contributed by atoms with E-state index in [2.05, 4.69) is 42.2 Å². The lowest BCUT2D eigenvalue weighted by molar-refractivity contribution is 1.30. The van der Waals surface area contributed by atoms with Crippen LogP contribution < -0.4 is 11.1 Å². The first-order chi connectivity index (χ1) is 8.09. The number of halogens is 2. The molecule has 0 unspecified atom stereocenters. The number of nitrogens with one attached hydrogen (secondary N) is 1. The Morgan fingerprint density at radius 1 is 1.24 bits per heavy atom. The maximum Gasteiger partial charge on any atom is 0.0794 e. The van der Waals surface area contributed by atoms with Gasteiger partial charge < -0.3 is 11.1 Å². The van der Waals surface area contributed by atoms with Gasteiger partial charge in [-0.1, -0.05) is 12.1 Å². The molecule has 0 saturated heterocycles. The zero-order chi connectivity index (χ0) is 12.4. The monoisotopic (exact) mass is 355 g/mol. The lowest BCUT2D eigenvalue weighted by atomic mass is 10.2. The molecule has 88 valence electrons. The standard InChI is InChI=1S/C12H11Br2N3/c1-7-3-2-4-10(11(7)14)17-12-8(13)5-16-6-9(12)15/h2-6H,15H2,1H3,(H,16,17). The maximum atomic E-state index is 5.89. The Morgan fingerprint density at radius 2 is 2.00 bits per heavy atom. The molecule has 2 rings (SSSR count). The summed E-state index contributed by atoms with van der Waals surface area (Å²) in [7, 11) is 0. The third-order valence-electron chi connectivity index (χ3n) is 2.38. The van der Waals surface area contributed by atoms with Crippen molar-refractivity contribution in [3.63, 3.8) is 0 Å². The SMILES string of the molecule is Cc1cccc(Nc2c(N)cncc2Br)c1Br. The molecule has 0 aliphatic carbocycles. The molecule has 0 saturated carbocycles. The van der Waals surface area contributed by atoms with Crippen molar-refractivity contribution in [1.29, 1.82) is 0 Å². The van der Waals surface area contributed by atoms with Gasteiger partial charge in [-0.25, -0.2) is 0 Å². The molecule has 1 heterocycles. The lowest BCUT2D eigenvalue weighted by Crippen LogP contribution is -1.99. The number of anilines is 3. The van der Waals surface area contributed by atoms with Crippen molar-refractivity contribution in [3.05, 3.63) is 45.1 Å². The van der Waals surface area contributed by atoms with E-state index < -0.39 is 0 Å². The number of nitrogens with two attached hydrogens (primary N) is 1. The van der Waals surface area contributed by atoms with Crippen molar-refractivity contribution in [1.82, 2.24) is 4.98 Å². The molecule has 0 fully saturated rings. The van der Waals surface area contributed by atoms with E-state index in [0.717, 1.165) is 20.3 Å². The summed E-state index contributed by atoms with van der Waals surface area (Å²) < 4.78 is 1.87. The van der Waals surface area contributed by atoms with Crippen LogP contribution in [-0.2, 0) is 0 Å². The molecule has 0 spiro atoms. The molecule has 17 heavy (non-hydrogen) atoms. The second-order valence-corrected chi connectivity index (χ2v) is 5.29. The quantitative estimate of drug-likeness (QED) is 0.846. The van der Waals surface area contributed by atoms with E-state index in [1.807, 2.05) is 25.1 Å². The van der Waals surface area contributed by atoms with Crippen molar-refractivity contribution < 1.29 is 0 Å². The molecular formula is C12H11Br2N3. The van der Waals surface area contributed by atoms with Crippen LogP contribution in [0.15, 0.2) is 39.5 Å². The molecule has 0 bridgehead atoms. The summed E-state index contributed by atoms with van der Waals surface area (Å²) in [6.45, 7) is 2.04. The molecule has 5 heteroatoms. The highest BCUT2D eigenvalue weighted by Gasteiger charge is 2.08. The molecule has 0 aliphatic heterocycles. The molecule has 3 nitrogen and oxygen atoms in total. The Balaban J connectivity index is 2.42. The fourth-order valence-corrected chi connectivity index (χ4v) is 2.27. The van der Waals surface area contributed by atoms with E-state index in [-0.39, 0.29) is 0 Å². The average molecular weight is 357 g/mol. The van der Waals surface area contributed by atoms with E-state index in [1.165, 1.54) is 5.56 Å². The second kappa shape index (κ2) is 5.06. The summed E-state index contributed by atoms with van der Waals surface area (Å²) >= 11 is 6.98. The van der Waals surface area contributed by atoms with Gasteiger partial charge in [0.25, 0.3) is 0 Å². The second-order valence-electron chi connectivity index (χ2n) is 3.65. The van der Waals surface area contributed by atoms with Crippen molar-refractivity contribution in [2.75, 3.05) is 11.1 Å². The maximum absolute atomic E-state index is 5.89. The lowest BCUT2D eigenvalue weighted by Gasteiger charge is -2.13. The Hall–Kier alpha value is -1.07. The molecule has 2 aromatic rings. The van der Waals surface area contributed by atoms with E-state index in [9.17, 15) is 0 Å². The van der Waals surface area contributed by atoms with Gasteiger partial charge >= 0.3 is 0 Å². The van der Waals surface area contributed by atoms with Crippen LogP contribution in [0.3, 0.4) is 0 Å². The van der Waals surface area contributed by atoms with Gasteiger partial charge in [0.1, 0.15) is 0 Å². The van der Waals surface area contributed by atoms with Gasteiger partial charge in [-0.2, -0.15) is 0 Å². The van der Waals surface area contributed by atoms with Crippen molar-refractivity contribution >= 4 is 48.9 Å². The van der Waals surface area contributed by atoms with Crippen LogP contribution in [0.4, 0.5) is 17.1 Å². The van der Waals surface area contributed by atoms with Gasteiger partial charge in [0.2, 0.25) is 0 Å². The van der Waals surface area contributed by atoms with Crippen LogP contribution in [0.5, 0.6) is 0 Å². The van der Waals surface area contributed by atoms with Crippen LogP contribution >= 0.6 is 31.9 Å². The van der Waals surface area contributed by atoms with Gasteiger partial charge in [0.15, 0.2) is 0 Å². The van der Waals surface area contributed by atoms with E-state index in [0.29, 0.717) is 5.69 Å². The average Bonchev–Trinajstić information content (AvgIpc) is 2.29. The third-order valence-corrected chi connectivity index (χ3v) is 4.03. The van der Waals surface area contributed by atoms with Crippen LogP contribution in [0.2, 0.25) is 0 Å². The van der Waals surface area contributed by atoms with Gasteiger partial charge in [-0.3, -0.25) is 4.98 Å². The highest BCUT2D eigenvalue weighted by Crippen LogP contribution is 2.34. The minimum absolute atomic E-state index is 0.604. The topological polar surface area (TPSA) is 50.9 Å². The Labute approximate surface area is 117 Å². The number of pyridine rings is 1. The first-order valence-corrected chi connectivity index (χ1v) is 6.59. The number of hydrogen-bond acceptors (Lipinski definition) is 3. The Bertz CT molecular complexity index is 535. The molecule has 0 amide bonds. The summed E-state index contributed by atoms with van der Waals surface area (Å²) in [5.74, 6) is 0. The van der Waals surface area contributed by atoms with E-state index in [1.54, 1.807) is 12.4 Å². The largest absolute Gasteiger partial charge is 0.396 e. The first kappa shape index (κ1) is 12.4. The molecule has 1 aromatic heterocycles. The summed E-state index contributed by atoms with van der Waals surface area (Å²) in [5, 5.41) is 3.29. The van der Waals surface area contributed by atoms with Crippen LogP contribution in [-0.4, -0.2) is 4.98 Å². The van der Waals surface area contributed by atoms with Crippen molar-refractivity contribution in [2.45, 2.75) is 6.92 Å². The van der Waals surface area contributed by atoms with Crippen LogP contribution in [0.1, 0.15) is 5.56 Å². The van der Waals surface area contributed by atoms with Gasteiger partial charge in [0.05, 0.1) is 27.7 Å². The number of hydrogen-bond donors (Lipinski definition) is 2. The molecule has 3 N–H and O–H groups in total. The molecule has 0 aliphatic rings. The fourth-order valence-electron chi connectivity index (χ4n) is 1.46. The molecule has 0 radical (unpaired) electrons. The Morgan fingerprint density at radius 3 is 2.71 bits per heavy atom.